The molecule has 1 aromatic heterocycles. The number of hydrogen-bond donors (Lipinski definition) is 1. The first kappa shape index (κ1) is 14.7. The zero-order valence-corrected chi connectivity index (χ0v) is 12.5. The van der Waals surface area contributed by atoms with Crippen LogP contribution in [0.3, 0.4) is 0 Å². The molecule has 1 N–H and O–H groups in total. The number of oxazole rings is 1. The van der Waals surface area contributed by atoms with Gasteiger partial charge in [0.1, 0.15) is 11.3 Å². The fourth-order valence-electron chi connectivity index (χ4n) is 2.07. The molecule has 7 heteroatoms. The van der Waals surface area contributed by atoms with Gasteiger partial charge in [-0.05, 0) is 42.0 Å². The van der Waals surface area contributed by atoms with Crippen molar-refractivity contribution in [1.29, 1.82) is 0 Å². The van der Waals surface area contributed by atoms with Gasteiger partial charge in [0.2, 0.25) is 10.0 Å². The standard InChI is InChI=1S/C15H13FN2O3S/c1-10-18-14-8-11(2-7-15(14)21-10)9-17-22(19,20)13-5-3-12(16)4-6-13/h2-8,17H,9H2,1H3. The zero-order chi connectivity index (χ0) is 15.7. The Labute approximate surface area is 126 Å². The average molecular weight is 320 g/mol. The normalized spacial score (nSPS) is 11.9. The van der Waals surface area contributed by atoms with E-state index < -0.39 is 15.8 Å². The van der Waals surface area contributed by atoms with Crippen LogP contribution in [0.2, 0.25) is 0 Å². The summed E-state index contributed by atoms with van der Waals surface area (Å²) in [6.45, 7) is 1.86. The fraction of sp³-hybridized carbons (Fsp3) is 0.133. The largest absolute Gasteiger partial charge is 0.441 e. The Balaban J connectivity index is 1.78. The van der Waals surface area contributed by atoms with Gasteiger partial charge in [0.05, 0.1) is 4.90 Å². The number of sulfonamides is 1. The third-order valence-electron chi connectivity index (χ3n) is 3.15. The summed E-state index contributed by atoms with van der Waals surface area (Å²) in [6.07, 6.45) is 0. The van der Waals surface area contributed by atoms with E-state index >= 15 is 0 Å². The van der Waals surface area contributed by atoms with E-state index in [2.05, 4.69) is 9.71 Å². The lowest BCUT2D eigenvalue weighted by Crippen LogP contribution is -2.23. The van der Waals surface area contributed by atoms with Gasteiger partial charge in [-0.15, -0.1) is 0 Å². The molecule has 0 bridgehead atoms. The van der Waals surface area contributed by atoms with Gasteiger partial charge in [0, 0.05) is 13.5 Å². The first-order valence-electron chi connectivity index (χ1n) is 6.55. The molecule has 0 saturated carbocycles. The SMILES string of the molecule is Cc1nc2cc(CNS(=O)(=O)c3ccc(F)cc3)ccc2o1. The van der Waals surface area contributed by atoms with Crippen molar-refractivity contribution in [2.45, 2.75) is 18.4 Å². The van der Waals surface area contributed by atoms with Gasteiger partial charge in [-0.3, -0.25) is 0 Å². The van der Waals surface area contributed by atoms with Gasteiger partial charge < -0.3 is 4.42 Å². The van der Waals surface area contributed by atoms with E-state index in [4.69, 9.17) is 4.42 Å². The maximum atomic E-state index is 12.8. The number of rotatable bonds is 4. The summed E-state index contributed by atoms with van der Waals surface area (Å²) < 4.78 is 44.9. The molecule has 0 aliphatic rings. The second kappa shape index (κ2) is 5.51. The third kappa shape index (κ3) is 3.00. The summed E-state index contributed by atoms with van der Waals surface area (Å²) in [5.74, 6) is 0.0739. The number of halogens is 1. The predicted molar refractivity (Wildman–Crippen MR) is 79.2 cm³/mol. The number of benzene rings is 2. The number of fused-ring (bicyclic) bond motifs is 1. The lowest BCUT2D eigenvalue weighted by Gasteiger charge is -2.06. The van der Waals surface area contributed by atoms with Crippen LogP contribution < -0.4 is 4.72 Å². The van der Waals surface area contributed by atoms with Crippen LogP contribution in [0.4, 0.5) is 4.39 Å². The van der Waals surface area contributed by atoms with Gasteiger partial charge in [-0.1, -0.05) is 6.07 Å². The molecule has 1 heterocycles. The predicted octanol–water partition coefficient (Wildman–Crippen LogP) is 2.75. The van der Waals surface area contributed by atoms with Gasteiger partial charge in [0.15, 0.2) is 11.5 Å². The minimum atomic E-state index is -3.68. The highest BCUT2D eigenvalue weighted by molar-refractivity contribution is 7.89. The van der Waals surface area contributed by atoms with Gasteiger partial charge in [-0.2, -0.15) is 0 Å². The highest BCUT2D eigenvalue weighted by Gasteiger charge is 2.14. The monoisotopic (exact) mass is 320 g/mol. The van der Waals surface area contributed by atoms with Crippen molar-refractivity contribution in [3.8, 4) is 0 Å². The Morgan fingerprint density at radius 2 is 1.91 bits per heavy atom. The highest BCUT2D eigenvalue weighted by Crippen LogP contribution is 2.17. The van der Waals surface area contributed by atoms with Crippen molar-refractivity contribution >= 4 is 21.1 Å². The number of nitrogens with zero attached hydrogens (tertiary/aromatic N) is 1. The first-order valence-corrected chi connectivity index (χ1v) is 8.04. The van der Waals surface area contributed by atoms with Gasteiger partial charge in [-0.25, -0.2) is 22.5 Å². The number of nitrogens with one attached hydrogen (secondary N) is 1. The molecule has 114 valence electrons. The summed E-state index contributed by atoms with van der Waals surface area (Å²) in [6, 6.07) is 9.94. The molecule has 0 saturated heterocycles. The van der Waals surface area contributed by atoms with Crippen LogP contribution in [0.25, 0.3) is 11.1 Å². The molecule has 0 atom stereocenters. The van der Waals surface area contributed by atoms with Gasteiger partial charge in [0.25, 0.3) is 0 Å². The second-order valence-corrected chi connectivity index (χ2v) is 6.58. The van der Waals surface area contributed by atoms with Crippen molar-refractivity contribution in [3.05, 3.63) is 59.7 Å². The molecule has 3 rings (SSSR count). The van der Waals surface area contributed by atoms with Crippen molar-refractivity contribution < 1.29 is 17.2 Å². The Bertz CT molecular complexity index is 918. The zero-order valence-electron chi connectivity index (χ0n) is 11.7. The molecule has 5 nitrogen and oxygen atoms in total. The van der Waals surface area contributed by atoms with E-state index in [1.54, 1.807) is 25.1 Å². The summed E-state index contributed by atoms with van der Waals surface area (Å²) in [5.41, 5.74) is 2.09. The van der Waals surface area contributed by atoms with E-state index in [1.807, 2.05) is 0 Å². The summed E-state index contributed by atoms with van der Waals surface area (Å²) in [4.78, 5) is 4.22. The molecule has 0 radical (unpaired) electrons. The molecule has 0 spiro atoms. The lowest BCUT2D eigenvalue weighted by atomic mass is 10.2. The maximum Gasteiger partial charge on any atom is 0.240 e. The van der Waals surface area contributed by atoms with E-state index in [0.717, 1.165) is 17.7 Å². The third-order valence-corrected chi connectivity index (χ3v) is 4.57. The number of aromatic nitrogens is 1. The molecular weight excluding hydrogens is 307 g/mol. The molecule has 22 heavy (non-hydrogen) atoms. The molecule has 0 amide bonds. The van der Waals surface area contributed by atoms with E-state index in [-0.39, 0.29) is 11.4 Å². The molecule has 2 aromatic carbocycles. The van der Waals surface area contributed by atoms with Crippen LogP contribution in [0.1, 0.15) is 11.5 Å². The summed E-state index contributed by atoms with van der Waals surface area (Å²) >= 11 is 0. The summed E-state index contributed by atoms with van der Waals surface area (Å²) in [7, 11) is -3.68. The quantitative estimate of drug-likeness (QED) is 0.802. The van der Waals surface area contributed by atoms with E-state index in [9.17, 15) is 12.8 Å². The Hall–Kier alpha value is -2.25. The molecule has 3 aromatic rings. The topological polar surface area (TPSA) is 72.2 Å². The lowest BCUT2D eigenvalue weighted by molar-refractivity contribution is 0.561. The number of aryl methyl sites for hydroxylation is 1. The average Bonchev–Trinajstić information content (AvgIpc) is 2.85. The molecule has 0 aliphatic heterocycles. The van der Waals surface area contributed by atoms with Crippen molar-refractivity contribution in [3.63, 3.8) is 0 Å². The van der Waals surface area contributed by atoms with Crippen LogP contribution in [0, 0.1) is 12.7 Å². The van der Waals surface area contributed by atoms with Crippen LogP contribution in [0.15, 0.2) is 51.8 Å². The van der Waals surface area contributed by atoms with E-state index in [1.165, 1.54) is 12.1 Å². The van der Waals surface area contributed by atoms with Crippen LogP contribution in [-0.2, 0) is 16.6 Å². The second-order valence-electron chi connectivity index (χ2n) is 4.81. The maximum absolute atomic E-state index is 12.8. The van der Waals surface area contributed by atoms with Crippen molar-refractivity contribution in [1.82, 2.24) is 9.71 Å². The highest BCUT2D eigenvalue weighted by atomic mass is 32.2. The molecule has 0 unspecified atom stereocenters. The minimum absolute atomic E-state index is 0.0206. The van der Waals surface area contributed by atoms with Gasteiger partial charge >= 0.3 is 0 Å². The van der Waals surface area contributed by atoms with Crippen molar-refractivity contribution in [2.75, 3.05) is 0 Å². The number of hydrogen-bond acceptors (Lipinski definition) is 4. The van der Waals surface area contributed by atoms with Crippen LogP contribution in [0.5, 0.6) is 0 Å². The smallest absolute Gasteiger partial charge is 0.240 e. The molecular formula is C15H13FN2O3S. The summed E-state index contributed by atoms with van der Waals surface area (Å²) in [5, 5.41) is 0. The minimum Gasteiger partial charge on any atom is -0.441 e. The molecule has 0 aliphatic carbocycles. The van der Waals surface area contributed by atoms with E-state index in [0.29, 0.717) is 17.0 Å². The first-order chi connectivity index (χ1) is 10.4. The fourth-order valence-corrected chi connectivity index (χ4v) is 3.09. The Kier molecular flexibility index (Phi) is 3.67. The van der Waals surface area contributed by atoms with Crippen LogP contribution in [-0.4, -0.2) is 13.4 Å². The molecule has 0 fully saturated rings. The Morgan fingerprint density at radius 3 is 2.64 bits per heavy atom. The van der Waals surface area contributed by atoms with Crippen LogP contribution >= 0.6 is 0 Å². The Morgan fingerprint density at radius 1 is 1.18 bits per heavy atom. The van der Waals surface area contributed by atoms with Crippen molar-refractivity contribution in [2.24, 2.45) is 0 Å².